The molecule has 2 nitrogen and oxygen atoms in total. The average molecular weight is 202 g/mol. The minimum Gasteiger partial charge on any atom is -0.494 e. The van der Waals surface area contributed by atoms with Crippen molar-refractivity contribution in [2.75, 3.05) is 6.61 Å². The normalized spacial score (nSPS) is 10.3. The molecular weight excluding hydrogens is 190 g/mol. The van der Waals surface area contributed by atoms with Gasteiger partial charge in [-0.15, -0.1) is 0 Å². The summed E-state index contributed by atoms with van der Waals surface area (Å²) in [6, 6.07) is 6.12. The molecule has 0 saturated carbocycles. The quantitative estimate of drug-likeness (QED) is 0.730. The van der Waals surface area contributed by atoms with E-state index < -0.39 is 6.61 Å². The molecule has 0 amide bonds. The highest BCUT2D eigenvalue weighted by Gasteiger charge is 2.03. The van der Waals surface area contributed by atoms with Gasteiger partial charge in [-0.25, -0.2) is 0 Å². The summed E-state index contributed by atoms with van der Waals surface area (Å²) in [5, 5.41) is 0. The maximum Gasteiger partial charge on any atom is 0.387 e. The topological polar surface area (TPSA) is 18.5 Å². The highest BCUT2D eigenvalue weighted by Crippen LogP contribution is 2.19. The molecule has 0 aliphatic rings. The van der Waals surface area contributed by atoms with Crippen LogP contribution in [0.4, 0.5) is 8.78 Å². The number of benzene rings is 1. The standard InChI is InChI=1S/C10H12F2O2/c1-2-7-13-8-3-5-9(6-4-8)14-10(11)12/h3-6,10H,2,7H2,1H3. The largest absolute Gasteiger partial charge is 0.494 e. The lowest BCUT2D eigenvalue weighted by Gasteiger charge is -2.06. The zero-order valence-corrected chi connectivity index (χ0v) is 7.87. The Morgan fingerprint density at radius 2 is 1.71 bits per heavy atom. The molecule has 0 radical (unpaired) electrons. The molecule has 0 fully saturated rings. The first-order valence-electron chi connectivity index (χ1n) is 4.40. The third-order valence-electron chi connectivity index (χ3n) is 1.52. The van der Waals surface area contributed by atoms with Crippen LogP contribution in [-0.2, 0) is 0 Å². The first kappa shape index (κ1) is 10.8. The SMILES string of the molecule is CCCOc1ccc(OC(F)F)cc1. The summed E-state index contributed by atoms with van der Waals surface area (Å²) in [4.78, 5) is 0. The Balaban J connectivity index is 2.50. The minimum atomic E-state index is -2.78. The van der Waals surface area contributed by atoms with E-state index in [1.54, 1.807) is 12.1 Å². The zero-order chi connectivity index (χ0) is 10.4. The molecule has 0 heterocycles. The maximum atomic E-state index is 11.8. The molecule has 0 bridgehead atoms. The van der Waals surface area contributed by atoms with Gasteiger partial charge in [-0.05, 0) is 30.7 Å². The molecule has 1 aromatic carbocycles. The fraction of sp³-hybridized carbons (Fsp3) is 0.400. The van der Waals surface area contributed by atoms with Crippen LogP contribution in [-0.4, -0.2) is 13.2 Å². The summed E-state index contributed by atoms with van der Waals surface area (Å²) in [7, 11) is 0. The predicted octanol–water partition coefficient (Wildman–Crippen LogP) is 3.08. The fourth-order valence-electron chi connectivity index (χ4n) is 0.937. The van der Waals surface area contributed by atoms with Gasteiger partial charge in [0.2, 0.25) is 0 Å². The van der Waals surface area contributed by atoms with Crippen molar-refractivity contribution in [3.8, 4) is 11.5 Å². The van der Waals surface area contributed by atoms with E-state index >= 15 is 0 Å². The second-order valence-electron chi connectivity index (χ2n) is 2.70. The molecule has 78 valence electrons. The van der Waals surface area contributed by atoms with Crippen molar-refractivity contribution in [2.24, 2.45) is 0 Å². The maximum absolute atomic E-state index is 11.8. The molecular formula is C10H12F2O2. The number of rotatable bonds is 5. The van der Waals surface area contributed by atoms with Crippen molar-refractivity contribution in [1.82, 2.24) is 0 Å². The molecule has 0 spiro atoms. The van der Waals surface area contributed by atoms with Gasteiger partial charge in [0.05, 0.1) is 6.61 Å². The predicted molar refractivity (Wildman–Crippen MR) is 48.9 cm³/mol. The molecule has 0 atom stereocenters. The van der Waals surface area contributed by atoms with Crippen LogP contribution in [0.5, 0.6) is 11.5 Å². The smallest absolute Gasteiger partial charge is 0.387 e. The van der Waals surface area contributed by atoms with Gasteiger partial charge in [0.15, 0.2) is 0 Å². The van der Waals surface area contributed by atoms with Crippen LogP contribution < -0.4 is 9.47 Å². The summed E-state index contributed by atoms with van der Waals surface area (Å²) in [6.07, 6.45) is 0.912. The number of hydrogen-bond donors (Lipinski definition) is 0. The van der Waals surface area contributed by atoms with Gasteiger partial charge in [0, 0.05) is 0 Å². The molecule has 0 N–H and O–H groups in total. The van der Waals surface area contributed by atoms with E-state index in [1.165, 1.54) is 12.1 Å². The van der Waals surface area contributed by atoms with E-state index in [1.807, 2.05) is 6.92 Å². The van der Waals surface area contributed by atoms with E-state index in [-0.39, 0.29) is 5.75 Å². The first-order chi connectivity index (χ1) is 6.72. The number of halogens is 2. The van der Waals surface area contributed by atoms with E-state index in [4.69, 9.17) is 4.74 Å². The Hall–Kier alpha value is -1.32. The third kappa shape index (κ3) is 3.60. The van der Waals surface area contributed by atoms with Crippen LogP contribution in [0.25, 0.3) is 0 Å². The second kappa shape index (κ2) is 5.42. The fourth-order valence-corrected chi connectivity index (χ4v) is 0.937. The molecule has 0 aromatic heterocycles. The summed E-state index contributed by atoms with van der Waals surface area (Å²) < 4.78 is 33.0. The highest BCUT2D eigenvalue weighted by molar-refractivity contribution is 5.31. The van der Waals surface area contributed by atoms with Gasteiger partial charge < -0.3 is 9.47 Å². The van der Waals surface area contributed by atoms with Crippen molar-refractivity contribution in [2.45, 2.75) is 20.0 Å². The van der Waals surface area contributed by atoms with Gasteiger partial charge in [0.1, 0.15) is 11.5 Å². The number of hydrogen-bond acceptors (Lipinski definition) is 2. The van der Waals surface area contributed by atoms with E-state index in [9.17, 15) is 8.78 Å². The summed E-state index contributed by atoms with van der Waals surface area (Å²) in [5.74, 6) is 0.803. The van der Waals surface area contributed by atoms with Gasteiger partial charge in [0.25, 0.3) is 0 Å². The van der Waals surface area contributed by atoms with Crippen LogP contribution in [0.2, 0.25) is 0 Å². The first-order valence-corrected chi connectivity index (χ1v) is 4.40. The van der Waals surface area contributed by atoms with E-state index in [0.29, 0.717) is 12.4 Å². The zero-order valence-electron chi connectivity index (χ0n) is 7.87. The van der Waals surface area contributed by atoms with Gasteiger partial charge in [-0.1, -0.05) is 6.92 Å². The van der Waals surface area contributed by atoms with Crippen molar-refractivity contribution < 1.29 is 18.3 Å². The Morgan fingerprint density at radius 1 is 1.14 bits per heavy atom. The van der Waals surface area contributed by atoms with Crippen LogP contribution >= 0.6 is 0 Å². The molecule has 1 rings (SSSR count). The van der Waals surface area contributed by atoms with Crippen LogP contribution in [0.3, 0.4) is 0 Å². The lowest BCUT2D eigenvalue weighted by Crippen LogP contribution is -2.01. The molecule has 1 aromatic rings. The Morgan fingerprint density at radius 3 is 2.21 bits per heavy atom. The molecule has 0 aliphatic carbocycles. The summed E-state index contributed by atoms with van der Waals surface area (Å²) in [6.45, 7) is -0.166. The van der Waals surface area contributed by atoms with Gasteiger partial charge in [-0.3, -0.25) is 0 Å². The summed E-state index contributed by atoms with van der Waals surface area (Å²) >= 11 is 0. The Labute approximate surface area is 81.4 Å². The minimum absolute atomic E-state index is 0.142. The van der Waals surface area contributed by atoms with Gasteiger partial charge >= 0.3 is 6.61 Å². The molecule has 0 aliphatic heterocycles. The molecule has 0 unspecified atom stereocenters. The monoisotopic (exact) mass is 202 g/mol. The Kier molecular flexibility index (Phi) is 4.16. The molecule has 14 heavy (non-hydrogen) atoms. The van der Waals surface area contributed by atoms with Crippen molar-refractivity contribution >= 4 is 0 Å². The highest BCUT2D eigenvalue weighted by atomic mass is 19.3. The molecule has 4 heteroatoms. The van der Waals surface area contributed by atoms with Crippen LogP contribution in [0, 0.1) is 0 Å². The number of alkyl halides is 2. The lowest BCUT2D eigenvalue weighted by atomic mass is 10.3. The van der Waals surface area contributed by atoms with Crippen molar-refractivity contribution in [3.05, 3.63) is 24.3 Å². The third-order valence-corrected chi connectivity index (χ3v) is 1.52. The van der Waals surface area contributed by atoms with Crippen LogP contribution in [0.15, 0.2) is 24.3 Å². The van der Waals surface area contributed by atoms with Crippen molar-refractivity contribution in [3.63, 3.8) is 0 Å². The van der Waals surface area contributed by atoms with Crippen molar-refractivity contribution in [1.29, 1.82) is 0 Å². The second-order valence-corrected chi connectivity index (χ2v) is 2.70. The van der Waals surface area contributed by atoms with E-state index in [2.05, 4.69) is 4.74 Å². The van der Waals surface area contributed by atoms with Gasteiger partial charge in [-0.2, -0.15) is 8.78 Å². The summed E-state index contributed by atoms with van der Waals surface area (Å²) in [5.41, 5.74) is 0. The lowest BCUT2D eigenvalue weighted by molar-refractivity contribution is -0.0498. The van der Waals surface area contributed by atoms with Crippen LogP contribution in [0.1, 0.15) is 13.3 Å². The average Bonchev–Trinajstić information content (AvgIpc) is 2.16. The Bertz CT molecular complexity index is 259. The van der Waals surface area contributed by atoms with E-state index in [0.717, 1.165) is 6.42 Å². The molecule has 0 saturated heterocycles. The number of ether oxygens (including phenoxy) is 2.